The number of benzene rings is 1. The van der Waals surface area contributed by atoms with Crippen molar-refractivity contribution in [3.63, 3.8) is 0 Å². The molecule has 3 nitrogen and oxygen atoms in total. The third kappa shape index (κ3) is 2.57. The van der Waals surface area contributed by atoms with Crippen molar-refractivity contribution in [1.29, 1.82) is 0 Å². The highest BCUT2D eigenvalue weighted by Crippen LogP contribution is 2.23. The number of carboxylic acids is 1. The second-order valence-corrected chi connectivity index (χ2v) is 3.79. The lowest BCUT2D eigenvalue weighted by Crippen LogP contribution is -2.19. The molecule has 76 valence electrons. The van der Waals surface area contributed by atoms with Crippen LogP contribution in [0.3, 0.4) is 0 Å². The Bertz CT molecular complexity index is 337. The van der Waals surface area contributed by atoms with E-state index in [4.69, 9.17) is 5.11 Å². The van der Waals surface area contributed by atoms with Crippen LogP contribution in [-0.4, -0.2) is 16.2 Å². The molecule has 0 aliphatic heterocycles. The fraction of sp³-hybridized carbons (Fsp3) is 0.364. The molecule has 1 rings (SSSR count). The van der Waals surface area contributed by atoms with E-state index < -0.39 is 11.6 Å². The fourth-order valence-electron chi connectivity index (χ4n) is 1.43. The lowest BCUT2D eigenvalue weighted by atomic mass is 9.92. The van der Waals surface area contributed by atoms with Crippen molar-refractivity contribution in [2.45, 2.75) is 25.9 Å². The van der Waals surface area contributed by atoms with Gasteiger partial charge in [-0.15, -0.1) is 0 Å². The minimum Gasteiger partial charge on any atom is -0.481 e. The summed E-state index contributed by atoms with van der Waals surface area (Å²) in [6.07, 6.45) is -0.0554. The Kier molecular flexibility index (Phi) is 2.91. The summed E-state index contributed by atoms with van der Waals surface area (Å²) in [5.74, 6) is -0.887. The van der Waals surface area contributed by atoms with Gasteiger partial charge >= 0.3 is 5.97 Å². The van der Waals surface area contributed by atoms with Gasteiger partial charge in [-0.2, -0.15) is 0 Å². The summed E-state index contributed by atoms with van der Waals surface area (Å²) in [5.41, 5.74) is 0.335. The summed E-state index contributed by atoms with van der Waals surface area (Å²) in [5, 5.41) is 18.5. The maximum absolute atomic E-state index is 10.6. The molecule has 0 saturated heterocycles. The maximum atomic E-state index is 10.6. The van der Waals surface area contributed by atoms with E-state index in [0.29, 0.717) is 11.1 Å². The second kappa shape index (κ2) is 3.80. The lowest BCUT2D eigenvalue weighted by molar-refractivity contribution is -0.136. The van der Waals surface area contributed by atoms with Gasteiger partial charge < -0.3 is 10.2 Å². The molecule has 0 heterocycles. The molecule has 0 aromatic heterocycles. The van der Waals surface area contributed by atoms with Crippen LogP contribution in [0, 0.1) is 0 Å². The van der Waals surface area contributed by atoms with Gasteiger partial charge in [0.25, 0.3) is 0 Å². The normalized spacial score (nSPS) is 11.4. The highest BCUT2D eigenvalue weighted by Gasteiger charge is 2.20. The van der Waals surface area contributed by atoms with Crippen molar-refractivity contribution >= 4 is 5.97 Å². The lowest BCUT2D eigenvalue weighted by Gasteiger charge is -2.20. The molecule has 0 unspecified atom stereocenters. The molecule has 1 aromatic rings. The molecule has 0 bridgehead atoms. The molecular formula is C11H14O3. The highest BCUT2D eigenvalue weighted by atomic mass is 16.4. The van der Waals surface area contributed by atoms with Crippen molar-refractivity contribution in [3.8, 4) is 0 Å². The first-order valence-corrected chi connectivity index (χ1v) is 4.44. The third-order valence-corrected chi connectivity index (χ3v) is 2.02. The second-order valence-electron chi connectivity index (χ2n) is 3.79. The van der Waals surface area contributed by atoms with Crippen LogP contribution < -0.4 is 0 Å². The molecule has 0 saturated carbocycles. The number of aliphatic carboxylic acids is 1. The van der Waals surface area contributed by atoms with E-state index in [1.54, 1.807) is 38.1 Å². The Morgan fingerprint density at radius 2 is 1.93 bits per heavy atom. The summed E-state index contributed by atoms with van der Waals surface area (Å²) in [4.78, 5) is 10.6. The predicted molar refractivity (Wildman–Crippen MR) is 53.0 cm³/mol. The minimum atomic E-state index is -0.994. The molecule has 0 fully saturated rings. The van der Waals surface area contributed by atoms with E-state index in [-0.39, 0.29) is 6.42 Å². The van der Waals surface area contributed by atoms with Crippen LogP contribution >= 0.6 is 0 Å². The number of hydrogen-bond donors (Lipinski definition) is 2. The molecule has 0 radical (unpaired) electrons. The summed E-state index contributed by atoms with van der Waals surface area (Å²) >= 11 is 0. The molecule has 14 heavy (non-hydrogen) atoms. The van der Waals surface area contributed by atoms with E-state index >= 15 is 0 Å². The van der Waals surface area contributed by atoms with E-state index in [2.05, 4.69) is 0 Å². The van der Waals surface area contributed by atoms with E-state index in [0.717, 1.165) is 0 Å². The Labute approximate surface area is 83.0 Å². The van der Waals surface area contributed by atoms with Crippen LogP contribution in [-0.2, 0) is 16.8 Å². The molecule has 0 amide bonds. The van der Waals surface area contributed by atoms with Crippen LogP contribution in [0.25, 0.3) is 0 Å². The number of aliphatic hydroxyl groups is 1. The van der Waals surface area contributed by atoms with Gasteiger partial charge in [0.05, 0.1) is 12.0 Å². The van der Waals surface area contributed by atoms with Crippen molar-refractivity contribution < 1.29 is 15.0 Å². The molecule has 1 aromatic carbocycles. The minimum absolute atomic E-state index is 0.0554. The maximum Gasteiger partial charge on any atom is 0.307 e. The zero-order valence-corrected chi connectivity index (χ0v) is 8.32. The Morgan fingerprint density at radius 1 is 1.36 bits per heavy atom. The predicted octanol–water partition coefficient (Wildman–Crippen LogP) is 1.54. The summed E-state index contributed by atoms with van der Waals surface area (Å²) in [6, 6.07) is 7.03. The van der Waals surface area contributed by atoms with Crippen LogP contribution in [0.15, 0.2) is 24.3 Å². The van der Waals surface area contributed by atoms with Gasteiger partial charge in [0.2, 0.25) is 0 Å². The van der Waals surface area contributed by atoms with Gasteiger partial charge in [-0.1, -0.05) is 24.3 Å². The van der Waals surface area contributed by atoms with Gasteiger partial charge in [0, 0.05) is 0 Å². The Morgan fingerprint density at radius 3 is 2.43 bits per heavy atom. The van der Waals surface area contributed by atoms with Crippen molar-refractivity contribution in [2.75, 3.05) is 0 Å². The zero-order valence-electron chi connectivity index (χ0n) is 8.32. The van der Waals surface area contributed by atoms with Crippen molar-refractivity contribution in [1.82, 2.24) is 0 Å². The van der Waals surface area contributed by atoms with Gasteiger partial charge in [-0.05, 0) is 25.0 Å². The summed E-state index contributed by atoms with van der Waals surface area (Å²) < 4.78 is 0. The van der Waals surface area contributed by atoms with Crippen LogP contribution in [0.2, 0.25) is 0 Å². The number of rotatable bonds is 3. The molecule has 0 aliphatic rings. The quantitative estimate of drug-likeness (QED) is 0.767. The molecule has 3 heteroatoms. The van der Waals surface area contributed by atoms with Crippen LogP contribution in [0.4, 0.5) is 0 Å². The average molecular weight is 194 g/mol. The topological polar surface area (TPSA) is 57.5 Å². The van der Waals surface area contributed by atoms with E-state index in [1.807, 2.05) is 0 Å². The van der Waals surface area contributed by atoms with Crippen molar-refractivity contribution in [2.24, 2.45) is 0 Å². The number of carbonyl (C=O) groups is 1. The van der Waals surface area contributed by atoms with E-state index in [9.17, 15) is 9.90 Å². The Balaban J connectivity index is 3.10. The molecular weight excluding hydrogens is 180 g/mol. The fourth-order valence-corrected chi connectivity index (χ4v) is 1.43. The van der Waals surface area contributed by atoms with Gasteiger partial charge in [-0.3, -0.25) is 4.79 Å². The standard InChI is InChI=1S/C11H14O3/c1-11(2,14)9-6-4-3-5-8(9)7-10(12)13/h3-6,14H,7H2,1-2H3,(H,12,13). The number of hydrogen-bond acceptors (Lipinski definition) is 2. The molecule has 0 spiro atoms. The number of carboxylic acid groups (broad SMARTS) is 1. The molecule has 0 aliphatic carbocycles. The highest BCUT2D eigenvalue weighted by molar-refractivity contribution is 5.70. The van der Waals surface area contributed by atoms with Crippen LogP contribution in [0.5, 0.6) is 0 Å². The smallest absolute Gasteiger partial charge is 0.307 e. The van der Waals surface area contributed by atoms with Gasteiger partial charge in [0.1, 0.15) is 0 Å². The van der Waals surface area contributed by atoms with Crippen LogP contribution in [0.1, 0.15) is 25.0 Å². The van der Waals surface area contributed by atoms with E-state index in [1.165, 1.54) is 0 Å². The summed E-state index contributed by atoms with van der Waals surface area (Å²) in [6.45, 7) is 3.29. The SMILES string of the molecule is CC(C)(O)c1ccccc1CC(=O)O. The Hall–Kier alpha value is -1.35. The van der Waals surface area contributed by atoms with Crippen molar-refractivity contribution in [3.05, 3.63) is 35.4 Å². The average Bonchev–Trinajstić information content (AvgIpc) is 2.01. The largest absolute Gasteiger partial charge is 0.481 e. The molecule has 2 N–H and O–H groups in total. The first-order chi connectivity index (χ1) is 6.41. The molecule has 0 atom stereocenters. The van der Waals surface area contributed by atoms with Gasteiger partial charge in [0.15, 0.2) is 0 Å². The third-order valence-electron chi connectivity index (χ3n) is 2.02. The first kappa shape index (κ1) is 10.7. The van der Waals surface area contributed by atoms with Gasteiger partial charge in [-0.25, -0.2) is 0 Å². The monoisotopic (exact) mass is 194 g/mol. The zero-order chi connectivity index (χ0) is 10.8. The first-order valence-electron chi connectivity index (χ1n) is 4.44. The summed E-state index contributed by atoms with van der Waals surface area (Å²) in [7, 11) is 0.